The Kier molecular flexibility index (Phi) is 3.52. The maximum atomic E-state index is 8.87. The van der Waals surface area contributed by atoms with Gasteiger partial charge in [0.2, 0.25) is 11.6 Å². The van der Waals surface area contributed by atoms with Crippen LogP contribution in [0.5, 0.6) is 0 Å². The van der Waals surface area contributed by atoms with Crippen LogP contribution in [0.15, 0.2) is 4.42 Å². The second-order valence-electron chi connectivity index (χ2n) is 2.90. The van der Waals surface area contributed by atoms with Gasteiger partial charge in [0.15, 0.2) is 5.89 Å². The fourth-order valence-corrected chi connectivity index (χ4v) is 1.30. The van der Waals surface area contributed by atoms with E-state index in [1.54, 1.807) is 0 Å². The van der Waals surface area contributed by atoms with Gasteiger partial charge in [-0.05, 0) is 13.8 Å². The Hall–Kier alpha value is -1.50. The molecule has 0 radical (unpaired) electrons. The first-order chi connectivity index (χ1) is 6.76. The van der Waals surface area contributed by atoms with Gasteiger partial charge < -0.3 is 9.32 Å². The molecular weight excluding hydrogens is 178 g/mol. The first-order valence-corrected chi connectivity index (χ1v) is 4.91. The number of anilines is 1. The predicted molar refractivity (Wildman–Crippen MR) is 54.2 cm³/mol. The van der Waals surface area contributed by atoms with E-state index in [1.165, 1.54) is 0 Å². The van der Waals surface area contributed by atoms with Crippen LogP contribution >= 0.6 is 0 Å². The molecule has 14 heavy (non-hydrogen) atoms. The van der Waals surface area contributed by atoms with Crippen LogP contribution < -0.4 is 4.90 Å². The quantitative estimate of drug-likeness (QED) is 0.733. The number of hydrogen-bond acceptors (Lipinski definition) is 4. The average Bonchev–Trinajstić information content (AvgIpc) is 2.63. The van der Waals surface area contributed by atoms with Crippen molar-refractivity contribution in [3.8, 4) is 6.07 Å². The molecule has 0 spiro atoms. The molecule has 1 heterocycles. The van der Waals surface area contributed by atoms with Crippen molar-refractivity contribution in [1.82, 2.24) is 4.98 Å². The Morgan fingerprint density at radius 2 is 2.00 bits per heavy atom. The van der Waals surface area contributed by atoms with Gasteiger partial charge in [0.05, 0.1) is 0 Å². The number of nitrogens with zero attached hydrogens (tertiary/aromatic N) is 3. The summed E-state index contributed by atoms with van der Waals surface area (Å²) in [6.07, 6.45) is 0.718. The molecular formula is C10H15N3O. The fourth-order valence-electron chi connectivity index (χ4n) is 1.30. The van der Waals surface area contributed by atoms with E-state index in [2.05, 4.69) is 11.1 Å². The molecule has 0 unspecified atom stereocenters. The van der Waals surface area contributed by atoms with Crippen molar-refractivity contribution in [2.75, 3.05) is 18.0 Å². The van der Waals surface area contributed by atoms with E-state index < -0.39 is 0 Å². The molecule has 0 aromatic carbocycles. The van der Waals surface area contributed by atoms with E-state index in [0.717, 1.165) is 19.5 Å². The topological polar surface area (TPSA) is 53.1 Å². The molecule has 4 nitrogen and oxygen atoms in total. The molecule has 1 aromatic rings. The highest BCUT2D eigenvalue weighted by molar-refractivity contribution is 5.47. The molecule has 0 fully saturated rings. The second kappa shape index (κ2) is 4.66. The van der Waals surface area contributed by atoms with Crippen LogP contribution in [0.25, 0.3) is 0 Å². The number of oxazole rings is 1. The summed E-state index contributed by atoms with van der Waals surface area (Å²) < 4.78 is 5.49. The Labute approximate surface area is 84.2 Å². The molecule has 0 amide bonds. The summed E-state index contributed by atoms with van der Waals surface area (Å²) in [6.45, 7) is 7.66. The lowest BCUT2D eigenvalue weighted by atomic mass is 10.4. The van der Waals surface area contributed by atoms with Gasteiger partial charge in [-0.3, -0.25) is 0 Å². The van der Waals surface area contributed by atoms with Crippen molar-refractivity contribution >= 4 is 5.88 Å². The minimum Gasteiger partial charge on any atom is -0.424 e. The van der Waals surface area contributed by atoms with Crippen molar-refractivity contribution in [3.05, 3.63) is 11.6 Å². The van der Waals surface area contributed by atoms with Gasteiger partial charge in [-0.15, -0.1) is 0 Å². The van der Waals surface area contributed by atoms with Crippen molar-refractivity contribution in [2.24, 2.45) is 0 Å². The lowest BCUT2D eigenvalue weighted by Gasteiger charge is -2.16. The largest absolute Gasteiger partial charge is 0.424 e. The highest BCUT2D eigenvalue weighted by Gasteiger charge is 2.16. The Morgan fingerprint density at radius 3 is 2.43 bits per heavy atom. The third-order valence-electron chi connectivity index (χ3n) is 2.11. The monoisotopic (exact) mass is 193 g/mol. The van der Waals surface area contributed by atoms with Crippen LogP contribution in [-0.4, -0.2) is 18.1 Å². The number of nitriles is 1. The van der Waals surface area contributed by atoms with E-state index in [9.17, 15) is 0 Å². The van der Waals surface area contributed by atoms with Crippen LogP contribution in [0.2, 0.25) is 0 Å². The van der Waals surface area contributed by atoms with Gasteiger partial charge in [0.1, 0.15) is 6.07 Å². The summed E-state index contributed by atoms with van der Waals surface area (Å²) in [4.78, 5) is 6.09. The lowest BCUT2D eigenvalue weighted by Crippen LogP contribution is -2.22. The standard InChI is InChI=1S/C10H15N3O/c1-4-9-12-8(7-11)10(14-9)13(5-2)6-3/h4-6H2,1-3H3. The van der Waals surface area contributed by atoms with Crippen LogP contribution in [0.1, 0.15) is 32.4 Å². The highest BCUT2D eigenvalue weighted by Crippen LogP contribution is 2.21. The van der Waals surface area contributed by atoms with E-state index in [4.69, 9.17) is 9.68 Å². The minimum absolute atomic E-state index is 0.394. The van der Waals surface area contributed by atoms with E-state index in [0.29, 0.717) is 17.5 Å². The third kappa shape index (κ3) is 1.87. The van der Waals surface area contributed by atoms with Gasteiger partial charge in [0.25, 0.3) is 0 Å². The van der Waals surface area contributed by atoms with Gasteiger partial charge in [0, 0.05) is 19.5 Å². The normalized spacial score (nSPS) is 9.86. The molecule has 76 valence electrons. The molecule has 0 aliphatic heterocycles. The Bertz CT molecular complexity index is 334. The van der Waals surface area contributed by atoms with Gasteiger partial charge in [-0.1, -0.05) is 6.92 Å². The molecule has 0 saturated carbocycles. The zero-order valence-corrected chi connectivity index (χ0v) is 8.87. The van der Waals surface area contributed by atoms with Gasteiger partial charge in [-0.2, -0.15) is 5.26 Å². The summed E-state index contributed by atoms with van der Waals surface area (Å²) >= 11 is 0. The highest BCUT2D eigenvalue weighted by atomic mass is 16.4. The summed E-state index contributed by atoms with van der Waals surface area (Å²) in [7, 11) is 0. The molecule has 0 aliphatic carbocycles. The van der Waals surface area contributed by atoms with E-state index >= 15 is 0 Å². The Balaban J connectivity index is 3.06. The van der Waals surface area contributed by atoms with Gasteiger partial charge >= 0.3 is 0 Å². The Morgan fingerprint density at radius 1 is 1.36 bits per heavy atom. The first-order valence-electron chi connectivity index (χ1n) is 4.91. The summed E-state index contributed by atoms with van der Waals surface area (Å²) in [5, 5.41) is 8.87. The van der Waals surface area contributed by atoms with Crippen molar-refractivity contribution in [1.29, 1.82) is 5.26 Å². The maximum Gasteiger partial charge on any atom is 0.234 e. The molecule has 0 atom stereocenters. The van der Waals surface area contributed by atoms with Crippen LogP contribution in [-0.2, 0) is 6.42 Å². The third-order valence-corrected chi connectivity index (χ3v) is 2.11. The number of aromatic nitrogens is 1. The molecule has 1 rings (SSSR count). The zero-order valence-electron chi connectivity index (χ0n) is 8.87. The van der Waals surface area contributed by atoms with E-state index in [1.807, 2.05) is 25.7 Å². The number of rotatable bonds is 4. The smallest absolute Gasteiger partial charge is 0.234 e. The van der Waals surface area contributed by atoms with Crippen molar-refractivity contribution in [2.45, 2.75) is 27.2 Å². The summed E-state index contributed by atoms with van der Waals surface area (Å²) in [5.74, 6) is 1.23. The predicted octanol–water partition coefficient (Wildman–Crippen LogP) is 1.95. The zero-order chi connectivity index (χ0) is 10.6. The lowest BCUT2D eigenvalue weighted by molar-refractivity contribution is 0.493. The summed E-state index contributed by atoms with van der Waals surface area (Å²) in [6, 6.07) is 2.05. The molecule has 0 bridgehead atoms. The van der Waals surface area contributed by atoms with Crippen molar-refractivity contribution < 1.29 is 4.42 Å². The molecule has 0 aliphatic rings. The molecule has 1 aromatic heterocycles. The second-order valence-corrected chi connectivity index (χ2v) is 2.90. The molecule has 0 N–H and O–H groups in total. The molecule has 4 heteroatoms. The summed E-state index contributed by atoms with van der Waals surface area (Å²) in [5.41, 5.74) is 0.394. The average molecular weight is 193 g/mol. The fraction of sp³-hybridized carbons (Fsp3) is 0.600. The molecule has 0 saturated heterocycles. The number of hydrogen-bond donors (Lipinski definition) is 0. The minimum atomic E-state index is 0.394. The maximum absolute atomic E-state index is 8.87. The van der Waals surface area contributed by atoms with E-state index in [-0.39, 0.29) is 0 Å². The van der Waals surface area contributed by atoms with Gasteiger partial charge in [-0.25, -0.2) is 4.98 Å². The SMILES string of the molecule is CCc1nc(C#N)c(N(CC)CC)o1. The first kappa shape index (κ1) is 10.6. The van der Waals surface area contributed by atoms with Crippen LogP contribution in [0.4, 0.5) is 5.88 Å². The van der Waals surface area contributed by atoms with Crippen LogP contribution in [0, 0.1) is 11.3 Å². The van der Waals surface area contributed by atoms with Crippen molar-refractivity contribution in [3.63, 3.8) is 0 Å². The van der Waals surface area contributed by atoms with Crippen LogP contribution in [0.3, 0.4) is 0 Å². The number of aryl methyl sites for hydroxylation is 1.